The molecule has 2 heterocycles. The van der Waals surface area contributed by atoms with Crippen LogP contribution in [0.1, 0.15) is 6.42 Å². The predicted molar refractivity (Wildman–Crippen MR) is 118 cm³/mol. The molecule has 8 nitrogen and oxygen atoms in total. The average molecular weight is 442 g/mol. The molecular formula is C22H23N3O5S. The molecule has 2 aromatic carbocycles. The van der Waals surface area contributed by atoms with Crippen molar-refractivity contribution >= 4 is 39.1 Å². The Bertz CT molecular complexity index is 1200. The number of ether oxygens (including phenoxy) is 3. The van der Waals surface area contributed by atoms with E-state index in [1.807, 2.05) is 35.9 Å². The number of rotatable bonds is 5. The van der Waals surface area contributed by atoms with Gasteiger partial charge in [-0.1, -0.05) is 23.5 Å². The Balaban J connectivity index is 1.62. The fraction of sp³-hybridized carbons (Fsp3) is 0.318. The van der Waals surface area contributed by atoms with E-state index in [1.165, 1.54) is 32.7 Å². The lowest BCUT2D eigenvalue weighted by Crippen LogP contribution is -2.26. The molecule has 1 fully saturated rings. The van der Waals surface area contributed by atoms with Gasteiger partial charge in [0.1, 0.15) is 0 Å². The van der Waals surface area contributed by atoms with E-state index in [9.17, 15) is 9.59 Å². The van der Waals surface area contributed by atoms with E-state index in [0.29, 0.717) is 27.7 Å². The first-order chi connectivity index (χ1) is 15.0. The number of anilines is 1. The van der Waals surface area contributed by atoms with Crippen molar-refractivity contribution in [2.45, 2.75) is 6.42 Å². The highest BCUT2D eigenvalue weighted by Crippen LogP contribution is 2.42. The number of hydrogen-bond acceptors (Lipinski definition) is 6. The molecule has 0 saturated carbocycles. The van der Waals surface area contributed by atoms with Crippen LogP contribution < -0.4 is 23.9 Å². The quantitative estimate of drug-likeness (QED) is 0.608. The lowest BCUT2D eigenvalue weighted by atomic mass is 10.1. The summed E-state index contributed by atoms with van der Waals surface area (Å²) in [6, 6.07) is 11.3. The summed E-state index contributed by atoms with van der Waals surface area (Å²) in [6.07, 6.45) is 0.105. The van der Waals surface area contributed by atoms with Crippen molar-refractivity contribution in [3.63, 3.8) is 0 Å². The van der Waals surface area contributed by atoms with E-state index < -0.39 is 5.92 Å². The molecule has 0 radical (unpaired) electrons. The molecule has 9 heteroatoms. The number of nitrogens with zero attached hydrogens (tertiary/aromatic N) is 3. The van der Waals surface area contributed by atoms with Crippen LogP contribution in [-0.2, 0) is 16.6 Å². The van der Waals surface area contributed by atoms with E-state index >= 15 is 0 Å². The zero-order valence-electron chi connectivity index (χ0n) is 17.7. The van der Waals surface area contributed by atoms with Crippen LogP contribution in [0.25, 0.3) is 10.2 Å². The summed E-state index contributed by atoms with van der Waals surface area (Å²) in [6.45, 7) is 0.244. The van der Waals surface area contributed by atoms with Gasteiger partial charge >= 0.3 is 0 Å². The number of amides is 2. The van der Waals surface area contributed by atoms with Crippen molar-refractivity contribution in [2.24, 2.45) is 18.0 Å². The molecule has 4 rings (SSSR count). The number of carbonyl (C=O) groups excluding carboxylic acids is 2. The van der Waals surface area contributed by atoms with E-state index in [0.717, 1.165) is 10.2 Å². The zero-order chi connectivity index (χ0) is 22.1. The van der Waals surface area contributed by atoms with Crippen LogP contribution in [0.3, 0.4) is 0 Å². The number of carbonyl (C=O) groups is 2. The molecule has 1 aromatic heterocycles. The van der Waals surface area contributed by atoms with Gasteiger partial charge in [-0.05, 0) is 12.1 Å². The number of hydrogen-bond donors (Lipinski definition) is 0. The van der Waals surface area contributed by atoms with Crippen LogP contribution >= 0.6 is 11.3 Å². The van der Waals surface area contributed by atoms with Crippen LogP contribution in [0, 0.1) is 5.92 Å². The van der Waals surface area contributed by atoms with Crippen molar-refractivity contribution in [3.8, 4) is 17.2 Å². The van der Waals surface area contributed by atoms with Crippen molar-refractivity contribution < 1.29 is 23.8 Å². The minimum absolute atomic E-state index is 0.105. The summed E-state index contributed by atoms with van der Waals surface area (Å²) in [5.74, 6) is 0.369. The Morgan fingerprint density at radius 1 is 1.10 bits per heavy atom. The highest BCUT2D eigenvalue weighted by molar-refractivity contribution is 7.16. The first-order valence-electron chi connectivity index (χ1n) is 9.70. The first-order valence-corrected chi connectivity index (χ1v) is 10.5. The molecule has 1 saturated heterocycles. The molecule has 1 aliphatic heterocycles. The molecule has 31 heavy (non-hydrogen) atoms. The minimum atomic E-state index is -0.517. The number of benzene rings is 2. The van der Waals surface area contributed by atoms with Gasteiger partial charge in [-0.3, -0.25) is 9.59 Å². The van der Waals surface area contributed by atoms with Crippen molar-refractivity contribution in [1.29, 1.82) is 0 Å². The van der Waals surface area contributed by atoms with Gasteiger partial charge in [0.15, 0.2) is 16.3 Å². The lowest BCUT2D eigenvalue weighted by Gasteiger charge is -2.20. The summed E-state index contributed by atoms with van der Waals surface area (Å²) in [5.41, 5.74) is 1.60. The second kappa shape index (κ2) is 8.43. The Labute approximate surface area is 183 Å². The number of para-hydroxylation sites is 1. The van der Waals surface area contributed by atoms with Crippen molar-refractivity contribution in [3.05, 3.63) is 41.2 Å². The summed E-state index contributed by atoms with van der Waals surface area (Å²) in [5, 5.41) is 0. The Hall–Kier alpha value is -3.33. The number of methoxy groups -OCH3 is 3. The minimum Gasteiger partial charge on any atom is -0.493 e. The SMILES string of the molecule is COc1cc(N2C[C@@H](C(=O)N=c3sc4ccccc4n3C)CC2=O)cc(OC)c1OC. The van der Waals surface area contributed by atoms with Crippen LogP contribution in [0.5, 0.6) is 17.2 Å². The van der Waals surface area contributed by atoms with Crippen LogP contribution in [0.4, 0.5) is 5.69 Å². The molecule has 3 aromatic rings. The maximum atomic E-state index is 12.9. The fourth-order valence-electron chi connectivity index (χ4n) is 3.72. The third-order valence-electron chi connectivity index (χ3n) is 5.36. The summed E-state index contributed by atoms with van der Waals surface area (Å²) in [4.78, 5) is 32.1. The van der Waals surface area contributed by atoms with Gasteiger partial charge < -0.3 is 23.7 Å². The Morgan fingerprint density at radius 2 is 1.77 bits per heavy atom. The highest BCUT2D eigenvalue weighted by atomic mass is 32.1. The number of thiazole rings is 1. The predicted octanol–water partition coefficient (Wildman–Crippen LogP) is 2.75. The molecule has 0 aliphatic carbocycles. The van der Waals surface area contributed by atoms with E-state index in [4.69, 9.17) is 14.2 Å². The topological polar surface area (TPSA) is 82.4 Å². The summed E-state index contributed by atoms with van der Waals surface area (Å²) < 4.78 is 19.0. The third-order valence-corrected chi connectivity index (χ3v) is 6.47. The molecule has 2 amide bonds. The van der Waals surface area contributed by atoms with Crippen molar-refractivity contribution in [1.82, 2.24) is 4.57 Å². The second-order valence-electron chi connectivity index (χ2n) is 7.15. The average Bonchev–Trinajstić information content (AvgIpc) is 3.33. The molecule has 1 aliphatic rings. The van der Waals surface area contributed by atoms with Crippen LogP contribution in [0.2, 0.25) is 0 Å². The standard InChI is InChI=1S/C22H23N3O5S/c1-24-15-7-5-6-8-18(15)31-22(24)23-21(27)13-9-19(26)25(12-13)14-10-16(28-2)20(30-4)17(11-14)29-3/h5-8,10-11,13H,9,12H2,1-4H3/t13-/m0/s1. The smallest absolute Gasteiger partial charge is 0.253 e. The van der Waals surface area contributed by atoms with Gasteiger partial charge in [0.25, 0.3) is 5.91 Å². The van der Waals surface area contributed by atoms with Gasteiger partial charge in [0, 0.05) is 32.1 Å². The second-order valence-corrected chi connectivity index (χ2v) is 8.16. The monoisotopic (exact) mass is 441 g/mol. The number of aryl methyl sites for hydroxylation is 1. The molecule has 0 bridgehead atoms. The first kappa shape index (κ1) is 20.9. The molecule has 162 valence electrons. The number of fused-ring (bicyclic) bond motifs is 1. The summed E-state index contributed by atoms with van der Waals surface area (Å²) in [7, 11) is 6.43. The van der Waals surface area contributed by atoms with Crippen LogP contribution in [0.15, 0.2) is 41.4 Å². The molecule has 1 atom stereocenters. The largest absolute Gasteiger partial charge is 0.493 e. The summed E-state index contributed by atoms with van der Waals surface area (Å²) >= 11 is 1.45. The Kier molecular flexibility index (Phi) is 5.69. The molecule has 0 N–H and O–H groups in total. The lowest BCUT2D eigenvalue weighted by molar-refractivity contribution is -0.123. The van der Waals surface area contributed by atoms with Gasteiger partial charge in [0.2, 0.25) is 11.7 Å². The molecular weight excluding hydrogens is 418 g/mol. The maximum absolute atomic E-state index is 12.9. The number of aromatic nitrogens is 1. The highest BCUT2D eigenvalue weighted by Gasteiger charge is 2.36. The Morgan fingerprint density at radius 3 is 2.39 bits per heavy atom. The van der Waals surface area contributed by atoms with Gasteiger partial charge in [-0.15, -0.1) is 0 Å². The maximum Gasteiger partial charge on any atom is 0.253 e. The van der Waals surface area contributed by atoms with E-state index in [-0.39, 0.29) is 24.8 Å². The third kappa shape index (κ3) is 3.76. The van der Waals surface area contributed by atoms with Gasteiger partial charge in [0.05, 0.1) is 43.2 Å². The van der Waals surface area contributed by atoms with E-state index in [1.54, 1.807) is 17.0 Å². The zero-order valence-corrected chi connectivity index (χ0v) is 18.6. The normalized spacial score (nSPS) is 16.8. The van der Waals surface area contributed by atoms with Gasteiger partial charge in [-0.25, -0.2) is 0 Å². The molecule has 0 unspecified atom stereocenters. The molecule has 0 spiro atoms. The van der Waals surface area contributed by atoms with Gasteiger partial charge in [-0.2, -0.15) is 4.99 Å². The van der Waals surface area contributed by atoms with Crippen LogP contribution in [-0.4, -0.2) is 44.3 Å². The fourth-order valence-corrected chi connectivity index (χ4v) is 4.74. The van der Waals surface area contributed by atoms with E-state index in [2.05, 4.69) is 4.99 Å². The van der Waals surface area contributed by atoms with Crippen molar-refractivity contribution in [2.75, 3.05) is 32.8 Å².